The van der Waals surface area contributed by atoms with Crippen molar-refractivity contribution in [3.05, 3.63) is 0 Å². The molecule has 0 aromatic carbocycles. The molecule has 1 amide bonds. The van der Waals surface area contributed by atoms with E-state index in [2.05, 4.69) is 26.1 Å². The average Bonchev–Trinajstić information content (AvgIpc) is 1.95. The van der Waals surface area contributed by atoms with Gasteiger partial charge in [0, 0.05) is 12.5 Å². The lowest BCUT2D eigenvalue weighted by Crippen LogP contribution is -2.49. The Hall–Kier alpha value is -1.06. The number of hydrogen-bond acceptors (Lipinski definition) is 3. The van der Waals surface area contributed by atoms with Crippen molar-refractivity contribution < 1.29 is 14.3 Å². The number of esters is 1. The highest BCUT2D eigenvalue weighted by atomic mass is 16.5. The molecule has 0 aliphatic heterocycles. The van der Waals surface area contributed by atoms with E-state index in [9.17, 15) is 9.59 Å². The van der Waals surface area contributed by atoms with E-state index in [1.54, 1.807) is 6.92 Å². The molecule has 0 bridgehead atoms. The maximum Gasteiger partial charge on any atom is 0.303 e. The summed E-state index contributed by atoms with van der Waals surface area (Å²) in [6, 6.07) is 0. The standard InChI is InChI=1S/C13H25NO3/c1-9(17-10(2)15)11(16)14-13(6,7)8-12(3,4)5/h9H,8H2,1-7H3,(H,14,16). The van der Waals surface area contributed by atoms with Gasteiger partial charge in [-0.05, 0) is 32.6 Å². The molecule has 0 aliphatic carbocycles. The van der Waals surface area contributed by atoms with Gasteiger partial charge < -0.3 is 10.1 Å². The van der Waals surface area contributed by atoms with Crippen LogP contribution in [0.25, 0.3) is 0 Å². The van der Waals surface area contributed by atoms with Crippen LogP contribution in [0.2, 0.25) is 0 Å². The van der Waals surface area contributed by atoms with Crippen LogP contribution in [0.3, 0.4) is 0 Å². The predicted octanol–water partition coefficient (Wildman–Crippen LogP) is 2.27. The fourth-order valence-corrected chi connectivity index (χ4v) is 2.11. The number of rotatable bonds is 4. The summed E-state index contributed by atoms with van der Waals surface area (Å²) >= 11 is 0. The van der Waals surface area contributed by atoms with Crippen molar-refractivity contribution in [2.45, 2.75) is 66.5 Å². The van der Waals surface area contributed by atoms with Crippen molar-refractivity contribution in [1.82, 2.24) is 5.32 Å². The van der Waals surface area contributed by atoms with Crippen LogP contribution < -0.4 is 5.32 Å². The Morgan fingerprint density at radius 2 is 1.65 bits per heavy atom. The van der Waals surface area contributed by atoms with Gasteiger partial charge in [-0.15, -0.1) is 0 Å². The lowest BCUT2D eigenvalue weighted by atomic mass is 9.81. The quantitative estimate of drug-likeness (QED) is 0.771. The fourth-order valence-electron chi connectivity index (χ4n) is 2.11. The monoisotopic (exact) mass is 243 g/mol. The maximum atomic E-state index is 11.8. The summed E-state index contributed by atoms with van der Waals surface area (Å²) in [6.45, 7) is 13.2. The zero-order valence-electron chi connectivity index (χ0n) is 12.0. The molecule has 1 N–H and O–H groups in total. The Kier molecular flexibility index (Phi) is 5.17. The third-order valence-corrected chi connectivity index (χ3v) is 2.15. The highest BCUT2D eigenvalue weighted by molar-refractivity contribution is 5.83. The Morgan fingerprint density at radius 3 is 2.00 bits per heavy atom. The molecular formula is C13H25NO3. The molecule has 1 atom stereocenters. The molecule has 0 saturated carbocycles. The molecule has 0 aromatic heterocycles. The third-order valence-electron chi connectivity index (χ3n) is 2.15. The first kappa shape index (κ1) is 15.9. The van der Waals surface area contributed by atoms with Crippen molar-refractivity contribution in [2.24, 2.45) is 5.41 Å². The average molecular weight is 243 g/mol. The molecule has 0 heterocycles. The Labute approximate surface area is 104 Å². The Bertz CT molecular complexity index is 290. The topological polar surface area (TPSA) is 55.4 Å². The number of carbonyl (C=O) groups excluding carboxylic acids is 2. The van der Waals surface area contributed by atoms with E-state index in [0.29, 0.717) is 0 Å². The molecule has 0 radical (unpaired) electrons. The van der Waals surface area contributed by atoms with Crippen molar-refractivity contribution in [1.29, 1.82) is 0 Å². The van der Waals surface area contributed by atoms with Gasteiger partial charge in [-0.1, -0.05) is 20.8 Å². The molecule has 1 unspecified atom stereocenters. The molecule has 0 spiro atoms. The molecule has 0 saturated heterocycles. The van der Waals surface area contributed by atoms with Crippen LogP contribution in [0.4, 0.5) is 0 Å². The summed E-state index contributed by atoms with van der Waals surface area (Å²) in [4.78, 5) is 22.5. The molecule has 0 aromatic rings. The summed E-state index contributed by atoms with van der Waals surface area (Å²) in [5.74, 6) is -0.698. The first-order valence-corrected chi connectivity index (χ1v) is 5.92. The second-order valence-electron chi connectivity index (χ2n) is 6.36. The molecule has 0 fully saturated rings. The first-order valence-electron chi connectivity index (χ1n) is 5.92. The molecular weight excluding hydrogens is 218 g/mol. The second kappa shape index (κ2) is 5.52. The second-order valence-corrected chi connectivity index (χ2v) is 6.36. The molecule has 0 rings (SSSR count). The van der Waals surface area contributed by atoms with Crippen LogP contribution in [0, 0.1) is 5.41 Å². The molecule has 100 valence electrons. The fraction of sp³-hybridized carbons (Fsp3) is 0.846. The van der Waals surface area contributed by atoms with Gasteiger partial charge in [0.2, 0.25) is 0 Å². The van der Waals surface area contributed by atoms with Crippen LogP contribution in [0.5, 0.6) is 0 Å². The first-order chi connectivity index (χ1) is 7.43. The van der Waals surface area contributed by atoms with Crippen LogP contribution in [0.1, 0.15) is 54.9 Å². The van der Waals surface area contributed by atoms with Crippen molar-refractivity contribution in [3.8, 4) is 0 Å². The van der Waals surface area contributed by atoms with Crippen LogP contribution >= 0.6 is 0 Å². The summed E-state index contributed by atoms with van der Waals surface area (Å²) in [5, 5.41) is 2.90. The van der Waals surface area contributed by atoms with Gasteiger partial charge in [-0.25, -0.2) is 0 Å². The number of amides is 1. The largest absolute Gasteiger partial charge is 0.453 e. The minimum Gasteiger partial charge on any atom is -0.453 e. The number of carbonyl (C=O) groups is 2. The summed E-state index contributed by atoms with van der Waals surface area (Å²) in [7, 11) is 0. The van der Waals surface area contributed by atoms with E-state index < -0.39 is 12.1 Å². The van der Waals surface area contributed by atoms with E-state index in [1.807, 2.05) is 13.8 Å². The SMILES string of the molecule is CC(=O)OC(C)C(=O)NC(C)(C)CC(C)(C)C. The summed E-state index contributed by atoms with van der Waals surface area (Å²) < 4.78 is 4.84. The van der Waals surface area contributed by atoms with Gasteiger partial charge in [-0.3, -0.25) is 9.59 Å². The summed E-state index contributed by atoms with van der Waals surface area (Å²) in [5.41, 5.74) is -0.189. The zero-order valence-corrected chi connectivity index (χ0v) is 12.0. The van der Waals surface area contributed by atoms with Gasteiger partial charge in [0.15, 0.2) is 6.10 Å². The van der Waals surface area contributed by atoms with Crippen LogP contribution in [-0.2, 0) is 14.3 Å². The van der Waals surface area contributed by atoms with Gasteiger partial charge in [0.25, 0.3) is 5.91 Å². The van der Waals surface area contributed by atoms with Gasteiger partial charge >= 0.3 is 5.97 Å². The van der Waals surface area contributed by atoms with E-state index in [0.717, 1.165) is 6.42 Å². The lowest BCUT2D eigenvalue weighted by molar-refractivity contribution is -0.153. The minimum atomic E-state index is -0.744. The maximum absolute atomic E-state index is 11.8. The Morgan fingerprint density at radius 1 is 1.18 bits per heavy atom. The molecule has 4 nitrogen and oxygen atoms in total. The van der Waals surface area contributed by atoms with E-state index in [-0.39, 0.29) is 16.9 Å². The Balaban J connectivity index is 4.41. The number of nitrogens with one attached hydrogen (secondary N) is 1. The van der Waals surface area contributed by atoms with E-state index in [1.165, 1.54) is 6.92 Å². The molecule has 17 heavy (non-hydrogen) atoms. The van der Waals surface area contributed by atoms with Crippen LogP contribution in [-0.4, -0.2) is 23.5 Å². The van der Waals surface area contributed by atoms with Crippen molar-refractivity contribution in [3.63, 3.8) is 0 Å². The summed E-state index contributed by atoms with van der Waals surface area (Å²) in [6.07, 6.45) is 0.102. The lowest BCUT2D eigenvalue weighted by Gasteiger charge is -2.34. The third kappa shape index (κ3) is 7.77. The van der Waals surface area contributed by atoms with Gasteiger partial charge in [-0.2, -0.15) is 0 Å². The van der Waals surface area contributed by atoms with Gasteiger partial charge in [0.1, 0.15) is 0 Å². The minimum absolute atomic E-state index is 0.126. The number of ether oxygens (including phenoxy) is 1. The van der Waals surface area contributed by atoms with E-state index >= 15 is 0 Å². The highest BCUT2D eigenvalue weighted by Gasteiger charge is 2.29. The van der Waals surface area contributed by atoms with Crippen molar-refractivity contribution >= 4 is 11.9 Å². The zero-order chi connectivity index (χ0) is 13.9. The predicted molar refractivity (Wildman–Crippen MR) is 67.5 cm³/mol. The number of hydrogen-bond donors (Lipinski definition) is 1. The highest BCUT2D eigenvalue weighted by Crippen LogP contribution is 2.26. The van der Waals surface area contributed by atoms with Gasteiger partial charge in [0.05, 0.1) is 0 Å². The van der Waals surface area contributed by atoms with Crippen LogP contribution in [0.15, 0.2) is 0 Å². The molecule has 0 aliphatic rings. The molecule has 4 heteroatoms. The van der Waals surface area contributed by atoms with Crippen molar-refractivity contribution in [2.75, 3.05) is 0 Å². The van der Waals surface area contributed by atoms with E-state index in [4.69, 9.17) is 4.74 Å². The normalized spacial score (nSPS) is 14.1. The smallest absolute Gasteiger partial charge is 0.303 e.